The first-order chi connectivity index (χ1) is 8.95. The summed E-state index contributed by atoms with van der Waals surface area (Å²) in [6.45, 7) is 1.52. The molecule has 0 fully saturated rings. The van der Waals surface area contributed by atoms with Crippen LogP contribution in [0, 0.1) is 20.2 Å². The lowest BCUT2D eigenvalue weighted by atomic mass is 10.1. The number of esters is 1. The number of benzene rings is 1. The highest BCUT2D eigenvalue weighted by molar-refractivity contribution is 5.91. The topological polar surface area (TPSA) is 113 Å². The summed E-state index contributed by atoms with van der Waals surface area (Å²) >= 11 is 0. The van der Waals surface area contributed by atoms with Crippen LogP contribution in [-0.2, 0) is 9.53 Å². The zero-order valence-corrected chi connectivity index (χ0v) is 9.94. The lowest BCUT2D eigenvalue weighted by molar-refractivity contribution is -0.419. The van der Waals surface area contributed by atoms with Gasteiger partial charge in [0, 0.05) is 18.2 Å². The Labute approximate surface area is 107 Å². The molecule has 0 saturated carbocycles. The smallest absolute Gasteiger partial charge is 0.409 e. The molecule has 8 heteroatoms. The minimum atomic E-state index is -1.08. The van der Waals surface area contributed by atoms with Crippen LogP contribution in [0.5, 0.6) is 0 Å². The summed E-state index contributed by atoms with van der Waals surface area (Å²) in [6.07, 6.45) is 0.936. The molecule has 1 rings (SSSR count). The molecule has 8 nitrogen and oxygen atoms in total. The van der Waals surface area contributed by atoms with Gasteiger partial charge in [0.25, 0.3) is 5.69 Å². The maximum absolute atomic E-state index is 11.3. The van der Waals surface area contributed by atoms with E-state index in [4.69, 9.17) is 0 Å². The molecule has 0 aliphatic heterocycles. The SMILES string of the molecule is CCOC(=O)/C(=C/c1cccc([N+](=O)[O-])c1)[N+](=O)[O-]. The molecule has 0 heterocycles. The Balaban J connectivity index is 3.15. The Morgan fingerprint density at radius 1 is 1.37 bits per heavy atom. The van der Waals surface area contributed by atoms with Crippen LogP contribution in [-0.4, -0.2) is 22.4 Å². The van der Waals surface area contributed by atoms with E-state index in [2.05, 4.69) is 4.74 Å². The quantitative estimate of drug-likeness (QED) is 0.347. The second kappa shape index (κ2) is 6.24. The zero-order chi connectivity index (χ0) is 14.4. The highest BCUT2D eigenvalue weighted by Crippen LogP contribution is 2.16. The molecular weight excluding hydrogens is 256 g/mol. The van der Waals surface area contributed by atoms with Gasteiger partial charge in [0.15, 0.2) is 0 Å². The van der Waals surface area contributed by atoms with Crippen molar-refractivity contribution in [2.45, 2.75) is 6.92 Å². The highest BCUT2D eigenvalue weighted by atomic mass is 16.6. The van der Waals surface area contributed by atoms with Gasteiger partial charge in [0.2, 0.25) is 0 Å². The molecule has 0 amide bonds. The fourth-order valence-electron chi connectivity index (χ4n) is 1.28. The molecule has 0 unspecified atom stereocenters. The molecule has 0 N–H and O–H groups in total. The number of carbonyl (C=O) groups is 1. The van der Waals surface area contributed by atoms with Gasteiger partial charge in [0.1, 0.15) is 0 Å². The molecule has 0 atom stereocenters. The van der Waals surface area contributed by atoms with Crippen molar-refractivity contribution in [2.24, 2.45) is 0 Å². The minimum absolute atomic E-state index is 0.00104. The average molecular weight is 266 g/mol. The Kier molecular flexibility index (Phi) is 4.69. The van der Waals surface area contributed by atoms with Crippen LogP contribution < -0.4 is 0 Å². The number of non-ortho nitro benzene ring substituents is 1. The zero-order valence-electron chi connectivity index (χ0n) is 9.94. The highest BCUT2D eigenvalue weighted by Gasteiger charge is 2.23. The van der Waals surface area contributed by atoms with Gasteiger partial charge in [-0.3, -0.25) is 20.2 Å². The number of hydrogen-bond donors (Lipinski definition) is 0. The first-order valence-corrected chi connectivity index (χ1v) is 5.23. The minimum Gasteiger partial charge on any atom is -0.458 e. The summed E-state index contributed by atoms with van der Waals surface area (Å²) in [5.41, 5.74) is -0.823. The van der Waals surface area contributed by atoms with Gasteiger partial charge in [-0.05, 0) is 12.5 Å². The molecule has 1 aromatic carbocycles. The monoisotopic (exact) mass is 266 g/mol. The van der Waals surface area contributed by atoms with Crippen molar-refractivity contribution >= 4 is 17.7 Å². The number of carbonyl (C=O) groups excluding carboxylic acids is 1. The number of nitro benzene ring substituents is 1. The van der Waals surface area contributed by atoms with Gasteiger partial charge in [0.05, 0.1) is 16.5 Å². The fourth-order valence-corrected chi connectivity index (χ4v) is 1.28. The number of nitrogens with zero attached hydrogens (tertiary/aromatic N) is 2. The molecule has 1 aromatic rings. The van der Waals surface area contributed by atoms with Crippen LogP contribution in [0.25, 0.3) is 6.08 Å². The third kappa shape index (κ3) is 3.87. The van der Waals surface area contributed by atoms with Gasteiger partial charge in [-0.15, -0.1) is 0 Å². The second-order valence-electron chi connectivity index (χ2n) is 3.36. The molecule has 0 saturated heterocycles. The summed E-state index contributed by atoms with van der Waals surface area (Å²) in [5, 5.41) is 21.3. The maximum Gasteiger partial charge on any atom is 0.409 e. The second-order valence-corrected chi connectivity index (χ2v) is 3.36. The molecule has 0 spiro atoms. The Hall–Kier alpha value is -2.77. The van der Waals surface area contributed by atoms with Gasteiger partial charge < -0.3 is 4.74 Å². The van der Waals surface area contributed by atoms with Crippen LogP contribution in [0.3, 0.4) is 0 Å². The number of hydrogen-bond acceptors (Lipinski definition) is 6. The summed E-state index contributed by atoms with van der Waals surface area (Å²) in [6, 6.07) is 5.15. The largest absolute Gasteiger partial charge is 0.458 e. The predicted molar refractivity (Wildman–Crippen MR) is 64.7 cm³/mol. The van der Waals surface area contributed by atoms with Crippen molar-refractivity contribution in [3.8, 4) is 0 Å². The van der Waals surface area contributed by atoms with Crippen LogP contribution in [0.15, 0.2) is 30.0 Å². The van der Waals surface area contributed by atoms with Gasteiger partial charge in [-0.25, -0.2) is 4.79 Å². The normalized spacial score (nSPS) is 10.9. The molecule has 100 valence electrons. The van der Waals surface area contributed by atoms with E-state index in [0.29, 0.717) is 0 Å². The van der Waals surface area contributed by atoms with Crippen molar-refractivity contribution in [1.82, 2.24) is 0 Å². The van der Waals surface area contributed by atoms with E-state index in [1.54, 1.807) is 0 Å². The molecular formula is C11H10N2O6. The fraction of sp³-hybridized carbons (Fsp3) is 0.182. The van der Waals surface area contributed by atoms with Crippen molar-refractivity contribution in [2.75, 3.05) is 6.61 Å². The third-order valence-electron chi connectivity index (χ3n) is 2.07. The van der Waals surface area contributed by atoms with Crippen molar-refractivity contribution in [1.29, 1.82) is 0 Å². The van der Waals surface area contributed by atoms with E-state index < -0.39 is 21.5 Å². The van der Waals surface area contributed by atoms with E-state index >= 15 is 0 Å². The van der Waals surface area contributed by atoms with Gasteiger partial charge in [-0.2, -0.15) is 0 Å². The number of rotatable bonds is 5. The van der Waals surface area contributed by atoms with Crippen LogP contribution >= 0.6 is 0 Å². The molecule has 19 heavy (non-hydrogen) atoms. The average Bonchev–Trinajstić information content (AvgIpc) is 2.36. The summed E-state index contributed by atoms with van der Waals surface area (Å²) in [5.74, 6) is -1.08. The molecule has 0 bridgehead atoms. The van der Waals surface area contributed by atoms with Gasteiger partial charge >= 0.3 is 11.7 Å². The Morgan fingerprint density at radius 3 is 2.58 bits per heavy atom. The first-order valence-electron chi connectivity index (χ1n) is 5.23. The van der Waals surface area contributed by atoms with Crippen LogP contribution in [0.1, 0.15) is 12.5 Å². The number of ether oxygens (including phenoxy) is 1. The predicted octanol–water partition coefficient (Wildman–Crippen LogP) is 1.78. The molecule has 0 radical (unpaired) electrons. The lowest BCUT2D eigenvalue weighted by Crippen LogP contribution is -2.14. The Morgan fingerprint density at radius 2 is 2.05 bits per heavy atom. The van der Waals surface area contributed by atoms with Crippen LogP contribution in [0.2, 0.25) is 0 Å². The van der Waals surface area contributed by atoms with E-state index in [1.165, 1.54) is 25.1 Å². The maximum atomic E-state index is 11.3. The van der Waals surface area contributed by atoms with E-state index in [9.17, 15) is 25.0 Å². The van der Waals surface area contributed by atoms with Gasteiger partial charge in [-0.1, -0.05) is 12.1 Å². The van der Waals surface area contributed by atoms with Crippen molar-refractivity contribution in [3.63, 3.8) is 0 Å². The summed E-state index contributed by atoms with van der Waals surface area (Å²) < 4.78 is 4.53. The Bertz CT molecular complexity index is 552. The molecule has 0 aromatic heterocycles. The molecule has 0 aliphatic rings. The standard InChI is InChI=1S/C11H10N2O6/c1-2-19-11(14)10(13(17)18)7-8-4-3-5-9(6-8)12(15)16/h3-7H,2H2,1H3/b10-7-. The third-order valence-corrected chi connectivity index (χ3v) is 2.07. The van der Waals surface area contributed by atoms with Crippen LogP contribution in [0.4, 0.5) is 5.69 Å². The number of nitro groups is 2. The van der Waals surface area contributed by atoms with Crippen molar-refractivity contribution in [3.05, 3.63) is 55.8 Å². The summed E-state index contributed by atoms with van der Waals surface area (Å²) in [7, 11) is 0. The molecule has 0 aliphatic carbocycles. The first kappa shape index (κ1) is 14.3. The van der Waals surface area contributed by atoms with E-state index in [-0.39, 0.29) is 17.9 Å². The summed E-state index contributed by atoms with van der Waals surface area (Å²) in [4.78, 5) is 31.1. The van der Waals surface area contributed by atoms with E-state index in [1.807, 2.05) is 0 Å². The lowest BCUT2D eigenvalue weighted by Gasteiger charge is -1.99. The van der Waals surface area contributed by atoms with Crippen molar-refractivity contribution < 1.29 is 19.4 Å². The van der Waals surface area contributed by atoms with E-state index in [0.717, 1.165) is 12.1 Å².